The molecule has 0 spiro atoms. The normalized spacial score (nSPS) is 11.9. The van der Waals surface area contributed by atoms with Gasteiger partial charge in [0.25, 0.3) is 0 Å². The van der Waals surface area contributed by atoms with Crippen LogP contribution in [-0.2, 0) is 0 Å². The van der Waals surface area contributed by atoms with Gasteiger partial charge in [-0.3, -0.25) is 0 Å². The van der Waals surface area contributed by atoms with E-state index in [1.165, 1.54) is 11.1 Å². The van der Waals surface area contributed by atoms with Gasteiger partial charge in [0, 0.05) is 4.48 Å². The van der Waals surface area contributed by atoms with E-state index in [1.807, 2.05) is 36.4 Å². The third-order valence-electron chi connectivity index (χ3n) is 2.34. The Morgan fingerprint density at radius 1 is 0.765 bits per heavy atom. The molecule has 0 fully saturated rings. The van der Waals surface area contributed by atoms with E-state index in [-0.39, 0.29) is 0 Å². The third kappa shape index (κ3) is 4.04. The van der Waals surface area contributed by atoms with E-state index in [2.05, 4.69) is 58.4 Å². The van der Waals surface area contributed by atoms with Crippen LogP contribution < -0.4 is 0 Å². The van der Waals surface area contributed by atoms with Gasteiger partial charge in [-0.1, -0.05) is 82.7 Å². The largest absolute Gasteiger partial charge is 0.0622 e. The molecule has 0 unspecified atom stereocenters. The van der Waals surface area contributed by atoms with Gasteiger partial charge >= 0.3 is 0 Å². The molecule has 84 valence electrons. The zero-order valence-electron chi connectivity index (χ0n) is 9.38. The van der Waals surface area contributed by atoms with Crippen molar-refractivity contribution in [2.45, 2.75) is 0 Å². The van der Waals surface area contributed by atoms with Crippen molar-refractivity contribution in [3.63, 3.8) is 0 Å². The summed E-state index contributed by atoms with van der Waals surface area (Å²) in [5.41, 5.74) is 2.39. The van der Waals surface area contributed by atoms with Gasteiger partial charge in [0.2, 0.25) is 0 Å². The molecule has 17 heavy (non-hydrogen) atoms. The number of rotatable bonds is 3. The second kappa shape index (κ2) is 6.21. The number of allylic oxidation sites excluding steroid dienone is 2. The van der Waals surface area contributed by atoms with Crippen LogP contribution in [-0.4, -0.2) is 0 Å². The Labute approximate surface area is 110 Å². The smallest absolute Gasteiger partial charge is 0.0181 e. The molecule has 0 amide bonds. The molecule has 2 aromatic carbocycles. The summed E-state index contributed by atoms with van der Waals surface area (Å²) in [6.45, 7) is 0. The highest BCUT2D eigenvalue weighted by Crippen LogP contribution is 2.15. The van der Waals surface area contributed by atoms with Gasteiger partial charge in [-0.2, -0.15) is 0 Å². The lowest BCUT2D eigenvalue weighted by Crippen LogP contribution is -1.71. The molecule has 0 bridgehead atoms. The fourth-order valence-electron chi connectivity index (χ4n) is 1.50. The maximum atomic E-state index is 3.55. The summed E-state index contributed by atoms with van der Waals surface area (Å²) in [5.74, 6) is 0. The zero-order chi connectivity index (χ0) is 11.9. The molecule has 0 radical (unpaired) electrons. The average Bonchev–Trinajstić information content (AvgIpc) is 2.39. The first kappa shape index (κ1) is 11.9. The second-order valence-electron chi connectivity index (χ2n) is 3.68. The Bertz CT molecular complexity index is 510. The lowest BCUT2D eigenvalue weighted by molar-refractivity contribution is 1.65. The summed E-state index contributed by atoms with van der Waals surface area (Å²) in [7, 11) is 0. The predicted molar refractivity (Wildman–Crippen MR) is 78.8 cm³/mol. The highest BCUT2D eigenvalue weighted by Gasteiger charge is 1.88. The molecule has 0 N–H and O–H groups in total. The summed E-state index contributed by atoms with van der Waals surface area (Å²) in [4.78, 5) is 0. The molecular formula is C16H13Br. The van der Waals surface area contributed by atoms with Gasteiger partial charge in [-0.25, -0.2) is 0 Å². The van der Waals surface area contributed by atoms with Crippen molar-refractivity contribution in [2.24, 2.45) is 0 Å². The quantitative estimate of drug-likeness (QED) is 0.685. The summed E-state index contributed by atoms with van der Waals surface area (Å²) >= 11 is 3.55. The molecule has 2 aromatic rings. The van der Waals surface area contributed by atoms with E-state index in [0.29, 0.717) is 0 Å². The Kier molecular flexibility index (Phi) is 4.34. The highest BCUT2D eigenvalue weighted by atomic mass is 79.9. The third-order valence-corrected chi connectivity index (χ3v) is 2.83. The number of hydrogen-bond acceptors (Lipinski definition) is 0. The Morgan fingerprint density at radius 3 is 1.88 bits per heavy atom. The topological polar surface area (TPSA) is 0 Å². The van der Waals surface area contributed by atoms with Crippen molar-refractivity contribution >= 4 is 28.1 Å². The van der Waals surface area contributed by atoms with Gasteiger partial charge in [0.05, 0.1) is 0 Å². The molecule has 0 heterocycles. The van der Waals surface area contributed by atoms with Crippen molar-refractivity contribution in [3.05, 3.63) is 82.3 Å². The van der Waals surface area contributed by atoms with Crippen LogP contribution in [0.4, 0.5) is 0 Å². The predicted octanol–water partition coefficient (Wildman–Crippen LogP) is 5.14. The summed E-state index contributed by atoms with van der Waals surface area (Å²) in [6, 6.07) is 20.5. The van der Waals surface area contributed by atoms with Crippen molar-refractivity contribution < 1.29 is 0 Å². The molecule has 2 rings (SSSR count). The van der Waals surface area contributed by atoms with E-state index in [0.717, 1.165) is 4.48 Å². The minimum absolute atomic E-state index is 1.06. The highest BCUT2D eigenvalue weighted by molar-refractivity contribution is 9.12. The van der Waals surface area contributed by atoms with Crippen molar-refractivity contribution in [2.75, 3.05) is 0 Å². The van der Waals surface area contributed by atoms with Crippen LogP contribution >= 0.6 is 15.9 Å². The minimum Gasteiger partial charge on any atom is -0.0622 e. The van der Waals surface area contributed by atoms with Crippen LogP contribution in [0, 0.1) is 0 Å². The van der Waals surface area contributed by atoms with Gasteiger partial charge in [-0.05, 0) is 23.3 Å². The molecule has 0 saturated heterocycles. The van der Waals surface area contributed by atoms with E-state index < -0.39 is 0 Å². The minimum atomic E-state index is 1.06. The number of benzene rings is 2. The van der Waals surface area contributed by atoms with Crippen LogP contribution in [0.2, 0.25) is 0 Å². The van der Waals surface area contributed by atoms with Gasteiger partial charge in [0.1, 0.15) is 0 Å². The second-order valence-corrected chi connectivity index (χ2v) is 4.60. The fraction of sp³-hybridized carbons (Fsp3) is 0. The van der Waals surface area contributed by atoms with Crippen LogP contribution in [0.3, 0.4) is 0 Å². The van der Waals surface area contributed by atoms with Crippen LogP contribution in [0.1, 0.15) is 11.1 Å². The molecule has 0 aliphatic carbocycles. The van der Waals surface area contributed by atoms with Crippen molar-refractivity contribution in [3.8, 4) is 0 Å². The van der Waals surface area contributed by atoms with E-state index in [4.69, 9.17) is 0 Å². The lowest BCUT2D eigenvalue weighted by Gasteiger charge is -1.94. The molecule has 0 aliphatic rings. The average molecular weight is 285 g/mol. The molecule has 0 atom stereocenters. The van der Waals surface area contributed by atoms with Gasteiger partial charge in [0.15, 0.2) is 0 Å². The van der Waals surface area contributed by atoms with E-state index >= 15 is 0 Å². The van der Waals surface area contributed by atoms with Crippen LogP contribution in [0.15, 0.2) is 71.2 Å². The maximum absolute atomic E-state index is 3.55. The number of hydrogen-bond donors (Lipinski definition) is 0. The van der Waals surface area contributed by atoms with Crippen LogP contribution in [0.5, 0.6) is 0 Å². The monoisotopic (exact) mass is 284 g/mol. The zero-order valence-corrected chi connectivity index (χ0v) is 11.0. The summed E-state index contributed by atoms with van der Waals surface area (Å²) < 4.78 is 1.06. The first-order valence-electron chi connectivity index (χ1n) is 5.50. The van der Waals surface area contributed by atoms with E-state index in [9.17, 15) is 0 Å². The standard InChI is InChI=1S/C16H13Br/c17-16(13-15-9-5-2-6-10-15)12-11-14-7-3-1-4-8-14/h1-13H. The fourth-order valence-corrected chi connectivity index (χ4v) is 1.89. The van der Waals surface area contributed by atoms with Crippen molar-refractivity contribution in [1.82, 2.24) is 0 Å². The first-order valence-corrected chi connectivity index (χ1v) is 6.29. The van der Waals surface area contributed by atoms with Crippen molar-refractivity contribution in [1.29, 1.82) is 0 Å². The van der Waals surface area contributed by atoms with E-state index in [1.54, 1.807) is 0 Å². The molecule has 0 saturated carbocycles. The summed E-state index contributed by atoms with van der Waals surface area (Å²) in [6.07, 6.45) is 6.24. The Hall–Kier alpha value is -1.60. The Balaban J connectivity index is 2.09. The van der Waals surface area contributed by atoms with Crippen LogP contribution in [0.25, 0.3) is 12.2 Å². The number of halogens is 1. The maximum Gasteiger partial charge on any atom is 0.0181 e. The Morgan fingerprint density at radius 2 is 1.29 bits per heavy atom. The molecule has 0 aromatic heterocycles. The molecule has 0 aliphatic heterocycles. The molecular weight excluding hydrogens is 272 g/mol. The molecule has 1 heteroatoms. The summed E-state index contributed by atoms with van der Waals surface area (Å²) in [5, 5.41) is 0. The lowest BCUT2D eigenvalue weighted by atomic mass is 10.2. The molecule has 0 nitrogen and oxygen atoms in total. The SMILES string of the molecule is BrC(C=Cc1ccccc1)=Cc1ccccc1. The van der Waals surface area contributed by atoms with Gasteiger partial charge in [-0.15, -0.1) is 0 Å². The van der Waals surface area contributed by atoms with Gasteiger partial charge < -0.3 is 0 Å². The first-order chi connectivity index (χ1) is 8.34.